The summed E-state index contributed by atoms with van der Waals surface area (Å²) >= 11 is 5.62. The molecule has 0 aliphatic heterocycles. The van der Waals surface area contributed by atoms with Crippen LogP contribution in [0.25, 0.3) is 11.5 Å². The van der Waals surface area contributed by atoms with Crippen molar-refractivity contribution in [1.82, 2.24) is 10.1 Å². The first-order valence-corrected chi connectivity index (χ1v) is 6.09. The molecule has 2 aromatic rings. The first-order chi connectivity index (χ1) is 8.74. The molecule has 0 atom stereocenters. The summed E-state index contributed by atoms with van der Waals surface area (Å²) in [7, 11) is 0. The van der Waals surface area contributed by atoms with E-state index in [1.54, 1.807) is 0 Å². The average Bonchev–Trinajstić information content (AvgIpc) is 2.88. The Hall–Kier alpha value is -1.88. The van der Waals surface area contributed by atoms with E-state index in [1.165, 1.54) is 0 Å². The molecule has 0 fully saturated rings. The predicted octanol–water partition coefficient (Wildman–Crippen LogP) is 2.53. The molecule has 0 saturated carbocycles. The molecule has 18 heavy (non-hydrogen) atoms. The van der Waals surface area contributed by atoms with Gasteiger partial charge in [-0.25, -0.2) is 4.99 Å². The standard InChI is InChI=1S/C12H13ClN4O/c1-2-11-16-12(18-17-11)8-5-3-4-6-9(8)15-10(14)7-13/h3-6H,2,7H2,1H3,(H2,14,15). The van der Waals surface area contributed by atoms with Gasteiger partial charge in [0.05, 0.1) is 17.1 Å². The number of amidine groups is 1. The molecular formula is C12H13ClN4O. The summed E-state index contributed by atoms with van der Waals surface area (Å²) in [4.78, 5) is 8.50. The molecular weight excluding hydrogens is 252 g/mol. The third-order valence-corrected chi connectivity index (χ3v) is 2.59. The minimum atomic E-state index is 0.179. The van der Waals surface area contributed by atoms with Crippen LogP contribution in [0.4, 0.5) is 5.69 Å². The lowest BCUT2D eigenvalue weighted by molar-refractivity contribution is 0.423. The summed E-state index contributed by atoms with van der Waals surface area (Å²) in [6.07, 6.45) is 0.721. The molecule has 0 aliphatic carbocycles. The minimum absolute atomic E-state index is 0.179. The van der Waals surface area contributed by atoms with Gasteiger partial charge in [-0.1, -0.05) is 24.2 Å². The van der Waals surface area contributed by atoms with Crippen LogP contribution in [0.5, 0.6) is 0 Å². The lowest BCUT2D eigenvalue weighted by Crippen LogP contribution is -2.12. The van der Waals surface area contributed by atoms with Crippen molar-refractivity contribution in [3.63, 3.8) is 0 Å². The highest BCUT2D eigenvalue weighted by molar-refractivity contribution is 6.28. The summed E-state index contributed by atoms with van der Waals surface area (Å²) in [5.74, 6) is 1.63. The van der Waals surface area contributed by atoms with Crippen LogP contribution in [-0.4, -0.2) is 21.9 Å². The average molecular weight is 265 g/mol. The van der Waals surface area contributed by atoms with E-state index in [0.29, 0.717) is 23.2 Å². The number of alkyl halides is 1. The number of benzene rings is 1. The molecule has 2 N–H and O–H groups in total. The maximum Gasteiger partial charge on any atom is 0.260 e. The monoisotopic (exact) mass is 264 g/mol. The van der Waals surface area contributed by atoms with Gasteiger partial charge in [-0.05, 0) is 12.1 Å². The van der Waals surface area contributed by atoms with Gasteiger partial charge in [0.2, 0.25) is 0 Å². The van der Waals surface area contributed by atoms with E-state index in [0.717, 1.165) is 12.0 Å². The van der Waals surface area contributed by atoms with Crippen LogP contribution < -0.4 is 5.73 Å². The van der Waals surface area contributed by atoms with Crippen molar-refractivity contribution in [1.29, 1.82) is 0 Å². The highest BCUT2D eigenvalue weighted by atomic mass is 35.5. The highest BCUT2D eigenvalue weighted by Crippen LogP contribution is 2.28. The quantitative estimate of drug-likeness (QED) is 0.523. The van der Waals surface area contributed by atoms with Crippen molar-refractivity contribution in [2.45, 2.75) is 13.3 Å². The fraction of sp³-hybridized carbons (Fsp3) is 0.250. The number of para-hydroxylation sites is 1. The van der Waals surface area contributed by atoms with Crippen molar-refractivity contribution in [2.24, 2.45) is 10.7 Å². The third kappa shape index (κ3) is 2.68. The molecule has 0 radical (unpaired) electrons. The molecule has 0 unspecified atom stereocenters. The van der Waals surface area contributed by atoms with Crippen LogP contribution in [0.15, 0.2) is 33.8 Å². The number of aryl methyl sites for hydroxylation is 1. The van der Waals surface area contributed by atoms with Crippen LogP contribution in [0.3, 0.4) is 0 Å². The Morgan fingerprint density at radius 2 is 2.22 bits per heavy atom. The molecule has 6 heteroatoms. The number of hydrogen-bond acceptors (Lipinski definition) is 4. The Morgan fingerprint density at radius 3 is 2.89 bits per heavy atom. The molecule has 0 spiro atoms. The van der Waals surface area contributed by atoms with E-state index in [2.05, 4.69) is 15.1 Å². The van der Waals surface area contributed by atoms with Gasteiger partial charge in [-0.15, -0.1) is 11.6 Å². The van der Waals surface area contributed by atoms with Gasteiger partial charge in [0, 0.05) is 6.42 Å². The molecule has 2 rings (SSSR count). The maximum atomic E-state index is 5.63. The number of nitrogens with zero attached hydrogens (tertiary/aromatic N) is 3. The predicted molar refractivity (Wildman–Crippen MR) is 71.1 cm³/mol. The van der Waals surface area contributed by atoms with Gasteiger partial charge in [-0.3, -0.25) is 0 Å². The lowest BCUT2D eigenvalue weighted by atomic mass is 10.2. The second kappa shape index (κ2) is 5.64. The summed E-state index contributed by atoms with van der Waals surface area (Å²) in [6.45, 7) is 1.96. The van der Waals surface area contributed by atoms with Gasteiger partial charge >= 0.3 is 0 Å². The number of rotatable bonds is 4. The number of aliphatic imine (C=N–C) groups is 1. The summed E-state index contributed by atoms with van der Waals surface area (Å²) in [6, 6.07) is 7.42. The molecule has 0 amide bonds. The van der Waals surface area contributed by atoms with Gasteiger partial charge in [-0.2, -0.15) is 4.98 Å². The number of halogens is 1. The first kappa shape index (κ1) is 12.6. The van der Waals surface area contributed by atoms with Crippen LogP contribution in [0, 0.1) is 0 Å². The molecule has 1 heterocycles. The molecule has 1 aromatic heterocycles. The van der Waals surface area contributed by atoms with Crippen LogP contribution in [0.2, 0.25) is 0 Å². The molecule has 0 bridgehead atoms. The van der Waals surface area contributed by atoms with Crippen molar-refractivity contribution in [3.05, 3.63) is 30.1 Å². The highest BCUT2D eigenvalue weighted by Gasteiger charge is 2.11. The van der Waals surface area contributed by atoms with E-state index < -0.39 is 0 Å². The Bertz CT molecular complexity index is 565. The normalized spacial score (nSPS) is 11.8. The smallest absolute Gasteiger partial charge is 0.260 e. The fourth-order valence-corrected chi connectivity index (χ4v) is 1.50. The van der Waals surface area contributed by atoms with Crippen LogP contribution >= 0.6 is 11.6 Å². The van der Waals surface area contributed by atoms with E-state index in [1.807, 2.05) is 31.2 Å². The molecule has 5 nitrogen and oxygen atoms in total. The Balaban J connectivity index is 2.44. The molecule has 94 valence electrons. The second-order valence-electron chi connectivity index (χ2n) is 3.62. The maximum absolute atomic E-state index is 5.63. The summed E-state index contributed by atoms with van der Waals surface area (Å²) in [5.41, 5.74) is 7.05. The fourth-order valence-electron chi connectivity index (χ4n) is 1.44. The van der Waals surface area contributed by atoms with Crippen molar-refractivity contribution >= 4 is 23.1 Å². The molecule has 0 saturated heterocycles. The SMILES string of the molecule is CCc1noc(-c2ccccc2N=C(N)CCl)n1. The topological polar surface area (TPSA) is 77.3 Å². The number of nitrogens with two attached hydrogens (primary N) is 1. The molecule has 0 aliphatic rings. The van der Waals surface area contributed by atoms with E-state index >= 15 is 0 Å². The Labute approximate surface area is 110 Å². The van der Waals surface area contributed by atoms with Crippen molar-refractivity contribution < 1.29 is 4.52 Å². The Kier molecular flexibility index (Phi) is 3.94. The Morgan fingerprint density at radius 1 is 1.44 bits per heavy atom. The van der Waals surface area contributed by atoms with E-state index in [-0.39, 0.29) is 5.88 Å². The first-order valence-electron chi connectivity index (χ1n) is 5.55. The van der Waals surface area contributed by atoms with Crippen molar-refractivity contribution in [3.8, 4) is 11.5 Å². The summed E-state index contributed by atoms with van der Waals surface area (Å²) in [5, 5.41) is 3.86. The van der Waals surface area contributed by atoms with Gasteiger partial charge in [0.25, 0.3) is 5.89 Å². The number of hydrogen-bond donors (Lipinski definition) is 1. The molecule has 1 aromatic carbocycles. The second-order valence-corrected chi connectivity index (χ2v) is 3.89. The summed E-state index contributed by atoms with van der Waals surface area (Å²) < 4.78 is 5.19. The number of aromatic nitrogens is 2. The van der Waals surface area contributed by atoms with Crippen LogP contribution in [-0.2, 0) is 6.42 Å². The zero-order valence-corrected chi connectivity index (χ0v) is 10.7. The van der Waals surface area contributed by atoms with Gasteiger partial charge < -0.3 is 10.3 Å². The lowest BCUT2D eigenvalue weighted by Gasteiger charge is -2.01. The van der Waals surface area contributed by atoms with Crippen LogP contribution in [0.1, 0.15) is 12.7 Å². The van der Waals surface area contributed by atoms with E-state index in [9.17, 15) is 0 Å². The van der Waals surface area contributed by atoms with Gasteiger partial charge in [0.1, 0.15) is 5.84 Å². The largest absolute Gasteiger partial charge is 0.386 e. The third-order valence-electron chi connectivity index (χ3n) is 2.32. The van der Waals surface area contributed by atoms with E-state index in [4.69, 9.17) is 21.9 Å². The zero-order chi connectivity index (χ0) is 13.0. The minimum Gasteiger partial charge on any atom is -0.386 e. The zero-order valence-electron chi connectivity index (χ0n) is 9.93. The van der Waals surface area contributed by atoms with Crippen molar-refractivity contribution in [2.75, 3.05) is 5.88 Å². The van der Waals surface area contributed by atoms with Gasteiger partial charge in [0.15, 0.2) is 5.82 Å².